The van der Waals surface area contributed by atoms with Crippen LogP contribution in [-0.2, 0) is 10.4 Å². The molecule has 7 nitrogen and oxygen atoms in total. The number of hydrogen-bond acceptors (Lipinski definition) is 4. The van der Waals surface area contributed by atoms with Crippen LogP contribution in [0.1, 0.15) is 0 Å². The number of nitrogens with zero attached hydrogens (tertiary/aromatic N) is 1. The second-order valence-corrected chi connectivity index (χ2v) is 5.24. The van der Waals surface area contributed by atoms with Gasteiger partial charge in [-0.25, -0.2) is 0 Å². The van der Waals surface area contributed by atoms with Gasteiger partial charge in [-0.15, -0.1) is 0 Å². The van der Waals surface area contributed by atoms with Gasteiger partial charge >= 0.3 is 104 Å². The Morgan fingerprint density at radius 3 is 1.80 bits per heavy atom. The fraction of sp³-hybridized carbons (Fsp3) is 0. The molecule has 1 rings (SSSR count). The van der Waals surface area contributed by atoms with Crippen molar-refractivity contribution < 1.29 is 22.4 Å². The third kappa shape index (κ3) is 10.4. The zero-order valence-electron chi connectivity index (χ0n) is 7.69. The zero-order valence-corrected chi connectivity index (χ0v) is 11.6. The summed E-state index contributed by atoms with van der Waals surface area (Å²) in [5.74, 6) is 0. The molecule has 0 saturated carbocycles. The van der Waals surface area contributed by atoms with E-state index in [2.05, 4.69) is 0 Å². The van der Waals surface area contributed by atoms with Crippen molar-refractivity contribution in [1.82, 2.24) is 0 Å². The van der Waals surface area contributed by atoms with Gasteiger partial charge in [-0.2, -0.15) is 8.42 Å². The van der Waals surface area contributed by atoms with Gasteiger partial charge in [0.25, 0.3) is 0 Å². The first-order valence-corrected chi connectivity index (χ1v) is 6.57. The summed E-state index contributed by atoms with van der Waals surface area (Å²) in [6.07, 6.45) is 0. The summed E-state index contributed by atoms with van der Waals surface area (Å²) in [7, 11) is -4.67. The number of nitro groups is 1. The molecule has 0 fully saturated rings. The van der Waals surface area contributed by atoms with Crippen molar-refractivity contribution in [3.05, 3.63) is 34.4 Å². The van der Waals surface area contributed by atoms with Crippen molar-refractivity contribution in [2.45, 2.75) is 0 Å². The van der Waals surface area contributed by atoms with Gasteiger partial charge in [0.2, 0.25) is 0 Å². The Balaban J connectivity index is 0.000000336. The molecule has 1 aromatic carbocycles. The number of nitro benzene ring substituents is 1. The minimum absolute atomic E-state index is 0.174. The molecule has 0 radical (unpaired) electrons. The maximum atomic E-state index is 10.1. The summed E-state index contributed by atoms with van der Waals surface area (Å²) in [5, 5.41) is 10.1. The molecule has 9 heteroatoms. The van der Waals surface area contributed by atoms with Crippen LogP contribution in [0.5, 0.6) is 0 Å². The van der Waals surface area contributed by atoms with E-state index in [1.54, 1.807) is 24.3 Å². The molecular formula is C6H6KNO6S. The Bertz CT molecular complexity index is 419. The second-order valence-electron chi connectivity index (χ2n) is 2.54. The molecule has 0 aliphatic heterocycles. The van der Waals surface area contributed by atoms with E-state index < -0.39 is 10.4 Å². The number of hydrogen-bond donors (Lipinski definition) is 2. The van der Waals surface area contributed by atoms with Crippen molar-refractivity contribution in [1.29, 1.82) is 0 Å². The van der Waals surface area contributed by atoms with E-state index in [1.807, 2.05) is 0 Å². The van der Waals surface area contributed by atoms with Gasteiger partial charge in [0, 0.05) is 0 Å². The van der Waals surface area contributed by atoms with Crippen molar-refractivity contribution >= 4 is 64.7 Å². The van der Waals surface area contributed by atoms with Crippen LogP contribution >= 0.6 is 0 Å². The van der Waals surface area contributed by atoms with Crippen molar-refractivity contribution in [3.63, 3.8) is 0 Å². The summed E-state index contributed by atoms with van der Waals surface area (Å²) in [6, 6.07) is 6.69. The van der Waals surface area contributed by atoms with Crippen LogP contribution in [0.25, 0.3) is 0 Å². The van der Waals surface area contributed by atoms with Crippen molar-refractivity contribution in [2.24, 2.45) is 0 Å². The Labute approximate surface area is 120 Å². The first-order chi connectivity index (χ1) is 6.70. The van der Waals surface area contributed by atoms with E-state index in [4.69, 9.17) is 17.5 Å². The molecule has 0 atom stereocenters. The van der Waals surface area contributed by atoms with Crippen LogP contribution in [0.2, 0.25) is 0 Å². The molecule has 0 amide bonds. The molecule has 1 aromatic rings. The van der Waals surface area contributed by atoms with Crippen LogP contribution in [-0.4, -0.2) is 71.4 Å². The standard InChI is InChI=1S/C6H4NO2.K.H2O4S/c8-7(9)6-4-2-1-3-5-6;;1-5(2,3)4/h2-5H;;(H2,1,2,3,4). The average molecular weight is 259 g/mol. The van der Waals surface area contributed by atoms with Crippen LogP contribution < -0.4 is -0.342 Å². The summed E-state index contributed by atoms with van der Waals surface area (Å²) < 4.78 is 32.8. The molecule has 0 spiro atoms. The van der Waals surface area contributed by atoms with Gasteiger partial charge in [-0.1, -0.05) is 0 Å². The quantitative estimate of drug-likeness (QED) is 0.310. The summed E-state index contributed by atoms with van der Waals surface area (Å²) in [4.78, 5) is 9.75. The molecule has 0 aliphatic rings. The molecular weight excluding hydrogens is 253 g/mol. The normalized spacial score (nSPS) is 10.1. The van der Waals surface area contributed by atoms with Gasteiger partial charge in [-0.3, -0.25) is 9.11 Å². The number of benzene rings is 1. The Morgan fingerprint density at radius 1 is 1.20 bits per heavy atom. The molecule has 0 aromatic heterocycles. The minimum atomic E-state index is -4.67. The summed E-state index contributed by atoms with van der Waals surface area (Å²) in [5.41, 5.74) is 0.174. The van der Waals surface area contributed by atoms with Crippen LogP contribution in [0.15, 0.2) is 24.3 Å². The molecule has 0 heterocycles. The van der Waals surface area contributed by atoms with Gasteiger partial charge in [0.1, 0.15) is 0 Å². The van der Waals surface area contributed by atoms with Gasteiger partial charge in [0.15, 0.2) is 0 Å². The third-order valence-electron chi connectivity index (χ3n) is 1.24. The first kappa shape index (κ1) is 15.1. The van der Waals surface area contributed by atoms with Crippen molar-refractivity contribution in [3.8, 4) is 0 Å². The molecule has 15 heavy (non-hydrogen) atoms. The van der Waals surface area contributed by atoms with Crippen LogP contribution in [0.4, 0.5) is 5.69 Å². The zero-order chi connectivity index (χ0) is 12.1. The third-order valence-corrected chi connectivity index (χ3v) is 2.29. The van der Waals surface area contributed by atoms with Crippen LogP contribution in [0, 0.1) is 10.1 Å². The fourth-order valence-electron chi connectivity index (χ4n) is 0.666. The van der Waals surface area contributed by atoms with E-state index in [1.165, 1.54) is -0.342 Å². The molecule has 78 valence electrons. The Kier molecular flexibility index (Phi) is 6.71. The van der Waals surface area contributed by atoms with E-state index in [-0.39, 0.29) is 10.6 Å². The van der Waals surface area contributed by atoms with E-state index in [9.17, 15) is 10.1 Å². The number of non-ortho nitro benzene ring substituents is 1. The fourth-order valence-corrected chi connectivity index (χ4v) is 1.19. The number of rotatable bonds is 1. The SMILES string of the molecule is O=S(=O)(O)O.O=[N+]([O-])c1cc[c]([K])cc1. The topological polar surface area (TPSA) is 118 Å². The van der Waals surface area contributed by atoms with Gasteiger partial charge < -0.3 is 0 Å². The predicted octanol–water partition coefficient (Wildman–Crippen LogP) is -0.264. The van der Waals surface area contributed by atoms with Crippen molar-refractivity contribution in [2.75, 3.05) is 0 Å². The second kappa shape index (κ2) is 6.65. The van der Waals surface area contributed by atoms with E-state index >= 15 is 0 Å². The predicted molar refractivity (Wildman–Crippen MR) is 52.7 cm³/mol. The summed E-state index contributed by atoms with van der Waals surface area (Å²) >= 11 is 0.613. The maximum absolute atomic E-state index is 10.1. The van der Waals surface area contributed by atoms with E-state index in [0.717, 1.165) is 0 Å². The molecule has 2 N–H and O–H groups in total. The van der Waals surface area contributed by atoms with Crippen LogP contribution in [0.3, 0.4) is 0 Å². The first-order valence-electron chi connectivity index (χ1n) is 3.61. The average Bonchev–Trinajstić information content (AvgIpc) is 2.01. The molecule has 0 bridgehead atoms. The Morgan fingerprint density at radius 2 is 1.53 bits per heavy atom. The Hall–Kier alpha value is 0.126. The summed E-state index contributed by atoms with van der Waals surface area (Å²) in [6.45, 7) is 0. The molecule has 0 unspecified atom stereocenters. The monoisotopic (exact) mass is 259 g/mol. The molecule has 0 aliphatic carbocycles. The van der Waals surface area contributed by atoms with Gasteiger partial charge in [0.05, 0.1) is 0 Å². The molecule has 0 saturated heterocycles. The van der Waals surface area contributed by atoms with Gasteiger partial charge in [-0.05, 0) is 0 Å². The van der Waals surface area contributed by atoms with E-state index in [0.29, 0.717) is 49.0 Å².